The number of likely N-dealkylation sites (tertiary alicyclic amines) is 1. The summed E-state index contributed by atoms with van der Waals surface area (Å²) < 4.78 is 10.7. The Bertz CT molecular complexity index is 627. The molecule has 6 nitrogen and oxygen atoms in total. The molecule has 1 atom stereocenters. The van der Waals surface area contributed by atoms with Gasteiger partial charge in [-0.3, -0.25) is 4.79 Å². The summed E-state index contributed by atoms with van der Waals surface area (Å²) in [6, 6.07) is 3.15. The van der Waals surface area contributed by atoms with Crippen molar-refractivity contribution in [2.24, 2.45) is 11.8 Å². The quantitative estimate of drug-likeness (QED) is 0.740. The van der Waals surface area contributed by atoms with Gasteiger partial charge in [-0.25, -0.2) is 0 Å². The van der Waals surface area contributed by atoms with Gasteiger partial charge in [-0.2, -0.15) is 0 Å². The van der Waals surface area contributed by atoms with Crippen LogP contribution in [0.2, 0.25) is 5.02 Å². The van der Waals surface area contributed by atoms with Crippen molar-refractivity contribution in [3.63, 3.8) is 0 Å². The van der Waals surface area contributed by atoms with E-state index in [1.165, 1.54) is 13.5 Å². The van der Waals surface area contributed by atoms with Crippen LogP contribution in [0.25, 0.3) is 0 Å². The molecular weight excluding hydrogens is 354 g/mol. The van der Waals surface area contributed by atoms with Crippen molar-refractivity contribution in [2.45, 2.75) is 19.3 Å². The van der Waals surface area contributed by atoms with Crippen molar-refractivity contribution in [3.8, 4) is 5.75 Å². The first-order valence-corrected chi connectivity index (χ1v) is 9.66. The molecule has 2 saturated heterocycles. The van der Waals surface area contributed by atoms with Crippen LogP contribution in [-0.4, -0.2) is 57.3 Å². The highest BCUT2D eigenvalue weighted by molar-refractivity contribution is 6.33. The van der Waals surface area contributed by atoms with Gasteiger partial charge in [-0.1, -0.05) is 11.6 Å². The Morgan fingerprint density at radius 3 is 2.77 bits per heavy atom. The van der Waals surface area contributed by atoms with E-state index in [1.807, 2.05) is 0 Å². The Hall–Kier alpha value is -1.50. The highest BCUT2D eigenvalue weighted by Crippen LogP contribution is 2.29. The van der Waals surface area contributed by atoms with E-state index in [0.29, 0.717) is 40.4 Å². The zero-order chi connectivity index (χ0) is 18.5. The first kappa shape index (κ1) is 19.3. The van der Waals surface area contributed by atoms with Crippen LogP contribution in [0, 0.1) is 11.8 Å². The molecule has 2 fully saturated rings. The lowest BCUT2D eigenvalue weighted by Gasteiger charge is -2.33. The van der Waals surface area contributed by atoms with Crippen molar-refractivity contribution in [2.75, 3.05) is 52.2 Å². The van der Waals surface area contributed by atoms with E-state index < -0.39 is 0 Å². The molecule has 0 saturated carbocycles. The van der Waals surface area contributed by atoms with Crippen LogP contribution in [-0.2, 0) is 4.74 Å². The number of nitrogens with zero attached hydrogens (tertiary/aromatic N) is 1. The highest BCUT2D eigenvalue weighted by Gasteiger charge is 2.24. The maximum Gasteiger partial charge on any atom is 0.255 e. The number of nitrogen functional groups attached to an aromatic ring is 1. The van der Waals surface area contributed by atoms with Crippen molar-refractivity contribution in [1.82, 2.24) is 10.2 Å². The number of carbonyl (C=O) groups is 1. The summed E-state index contributed by atoms with van der Waals surface area (Å²) in [6.07, 6.45) is 3.39. The van der Waals surface area contributed by atoms with Crippen LogP contribution >= 0.6 is 11.6 Å². The number of ether oxygens (including phenoxy) is 2. The normalized spacial score (nSPS) is 21.7. The van der Waals surface area contributed by atoms with Gasteiger partial charge in [0, 0.05) is 25.8 Å². The van der Waals surface area contributed by atoms with Crippen LogP contribution in [0.5, 0.6) is 5.75 Å². The van der Waals surface area contributed by atoms with Gasteiger partial charge in [0.05, 0.1) is 30.0 Å². The van der Waals surface area contributed by atoms with Gasteiger partial charge in [0.25, 0.3) is 5.91 Å². The van der Waals surface area contributed by atoms with Crippen LogP contribution in [0.15, 0.2) is 12.1 Å². The number of amides is 1. The molecule has 1 aromatic carbocycles. The summed E-state index contributed by atoms with van der Waals surface area (Å²) in [4.78, 5) is 15.0. The lowest BCUT2D eigenvalue weighted by atomic mass is 9.95. The molecule has 1 unspecified atom stereocenters. The summed E-state index contributed by atoms with van der Waals surface area (Å²) >= 11 is 6.05. The molecule has 2 aliphatic heterocycles. The number of benzene rings is 1. The Morgan fingerprint density at radius 2 is 2.12 bits per heavy atom. The molecule has 3 rings (SSSR count). The summed E-state index contributed by atoms with van der Waals surface area (Å²) in [6.45, 7) is 5.81. The summed E-state index contributed by atoms with van der Waals surface area (Å²) in [7, 11) is 1.52. The third-order valence-electron chi connectivity index (χ3n) is 5.36. The molecule has 1 amide bonds. The van der Waals surface area contributed by atoms with Gasteiger partial charge in [-0.15, -0.1) is 0 Å². The first-order valence-electron chi connectivity index (χ1n) is 9.28. The second kappa shape index (κ2) is 8.93. The standard InChI is InChI=1S/C19H28ClN3O3/c1-25-18-9-17(21)16(20)8-15(18)19(24)22-10-13-2-5-23(6-3-13)11-14-4-7-26-12-14/h8-9,13-14H,2-7,10-12,21H2,1H3,(H,22,24). The van der Waals surface area contributed by atoms with E-state index in [0.717, 1.165) is 45.7 Å². The SMILES string of the molecule is COc1cc(N)c(Cl)cc1C(=O)NCC1CCN(CC2CCOC2)CC1. The zero-order valence-electron chi connectivity index (χ0n) is 15.3. The third kappa shape index (κ3) is 4.81. The minimum Gasteiger partial charge on any atom is -0.496 e. The average Bonchev–Trinajstić information content (AvgIpc) is 3.15. The van der Waals surface area contributed by atoms with Gasteiger partial charge >= 0.3 is 0 Å². The van der Waals surface area contributed by atoms with E-state index >= 15 is 0 Å². The largest absolute Gasteiger partial charge is 0.496 e. The molecule has 26 heavy (non-hydrogen) atoms. The predicted octanol–water partition coefficient (Wildman–Crippen LogP) is 2.41. The topological polar surface area (TPSA) is 76.8 Å². The Labute approximate surface area is 160 Å². The second-order valence-corrected chi connectivity index (χ2v) is 7.66. The fraction of sp³-hybridized carbons (Fsp3) is 0.632. The molecule has 0 aliphatic carbocycles. The number of methoxy groups -OCH3 is 1. The Balaban J connectivity index is 1.46. The molecule has 144 valence electrons. The van der Waals surface area contributed by atoms with Crippen LogP contribution in [0.4, 0.5) is 5.69 Å². The van der Waals surface area contributed by atoms with Gasteiger partial charge in [0.15, 0.2) is 0 Å². The minimum atomic E-state index is -0.172. The summed E-state index contributed by atoms with van der Waals surface area (Å²) in [5.41, 5.74) is 6.60. The molecule has 3 N–H and O–H groups in total. The number of anilines is 1. The number of piperidine rings is 1. The van der Waals surface area contributed by atoms with Gasteiger partial charge in [0.2, 0.25) is 0 Å². The van der Waals surface area contributed by atoms with E-state index in [1.54, 1.807) is 12.1 Å². The lowest BCUT2D eigenvalue weighted by Crippen LogP contribution is -2.40. The first-order chi connectivity index (χ1) is 12.6. The fourth-order valence-corrected chi connectivity index (χ4v) is 3.88. The van der Waals surface area contributed by atoms with Crippen molar-refractivity contribution in [1.29, 1.82) is 0 Å². The monoisotopic (exact) mass is 381 g/mol. The van der Waals surface area contributed by atoms with Crippen LogP contribution < -0.4 is 15.8 Å². The average molecular weight is 382 g/mol. The number of hydrogen-bond donors (Lipinski definition) is 2. The smallest absolute Gasteiger partial charge is 0.255 e. The van der Waals surface area contributed by atoms with Gasteiger partial charge < -0.3 is 25.4 Å². The maximum absolute atomic E-state index is 12.5. The van der Waals surface area contributed by atoms with E-state index in [9.17, 15) is 4.79 Å². The molecule has 2 aliphatic rings. The van der Waals surface area contributed by atoms with E-state index in [4.69, 9.17) is 26.8 Å². The molecule has 0 bridgehead atoms. The minimum absolute atomic E-state index is 0.172. The fourth-order valence-electron chi connectivity index (χ4n) is 3.71. The zero-order valence-corrected chi connectivity index (χ0v) is 16.1. The predicted molar refractivity (Wildman–Crippen MR) is 103 cm³/mol. The van der Waals surface area contributed by atoms with Gasteiger partial charge in [-0.05, 0) is 50.3 Å². The molecule has 0 spiro atoms. The van der Waals surface area contributed by atoms with Crippen molar-refractivity contribution >= 4 is 23.2 Å². The number of nitrogens with two attached hydrogens (primary N) is 1. The number of carbonyl (C=O) groups excluding carboxylic acids is 1. The molecular formula is C19H28ClN3O3. The third-order valence-corrected chi connectivity index (χ3v) is 5.69. The lowest BCUT2D eigenvalue weighted by molar-refractivity contribution is 0.0928. The summed E-state index contributed by atoms with van der Waals surface area (Å²) in [5, 5.41) is 3.38. The molecule has 7 heteroatoms. The number of rotatable bonds is 6. The Kier molecular flexibility index (Phi) is 6.62. The van der Waals surface area contributed by atoms with Crippen LogP contribution in [0.3, 0.4) is 0 Å². The Morgan fingerprint density at radius 1 is 1.35 bits per heavy atom. The molecule has 1 aromatic rings. The number of hydrogen-bond acceptors (Lipinski definition) is 5. The molecule has 0 aromatic heterocycles. The van der Waals surface area contributed by atoms with Gasteiger partial charge in [0.1, 0.15) is 5.75 Å². The second-order valence-electron chi connectivity index (χ2n) is 7.26. The van der Waals surface area contributed by atoms with Crippen molar-refractivity contribution < 1.29 is 14.3 Å². The van der Waals surface area contributed by atoms with Crippen LogP contribution in [0.1, 0.15) is 29.6 Å². The number of nitrogens with one attached hydrogen (secondary N) is 1. The van der Waals surface area contributed by atoms with E-state index in [2.05, 4.69) is 10.2 Å². The number of halogens is 1. The maximum atomic E-state index is 12.5. The summed E-state index contributed by atoms with van der Waals surface area (Å²) in [5.74, 6) is 1.46. The molecule has 2 heterocycles. The van der Waals surface area contributed by atoms with E-state index in [-0.39, 0.29) is 5.91 Å². The highest BCUT2D eigenvalue weighted by atomic mass is 35.5. The van der Waals surface area contributed by atoms with Crippen molar-refractivity contribution in [3.05, 3.63) is 22.7 Å². The molecule has 0 radical (unpaired) electrons.